The lowest BCUT2D eigenvalue weighted by molar-refractivity contribution is 0.0299. The van der Waals surface area contributed by atoms with Crippen molar-refractivity contribution >= 4 is 6.03 Å². The third kappa shape index (κ3) is 8.39. The summed E-state index contributed by atoms with van der Waals surface area (Å²) >= 11 is 0. The number of methoxy groups -OCH3 is 2. The van der Waals surface area contributed by atoms with Crippen molar-refractivity contribution in [2.45, 2.75) is 25.7 Å². The normalized spacial score (nSPS) is 13.2. The fraction of sp³-hybridized carbons (Fsp3) is 0.562. The molecule has 1 aromatic carbocycles. The number of aliphatic hydroxyl groups is 1. The molecule has 0 aliphatic carbocycles. The van der Waals surface area contributed by atoms with E-state index >= 15 is 0 Å². The standard InChI is InChI=1S/C16H26N2O5/c1-12(9-21-2)18-16(20)17-8-14(19)11-23-10-13-4-6-15(22-3)7-5-13/h4-7,12,14,19H,8-11H2,1-3H3,(H2,17,18,20). The zero-order valence-corrected chi connectivity index (χ0v) is 13.9. The molecule has 0 aliphatic rings. The van der Waals surface area contributed by atoms with Crippen LogP contribution in [0.3, 0.4) is 0 Å². The summed E-state index contributed by atoms with van der Waals surface area (Å²) in [6.07, 6.45) is -0.767. The van der Waals surface area contributed by atoms with Gasteiger partial charge in [0.2, 0.25) is 0 Å². The zero-order valence-electron chi connectivity index (χ0n) is 13.9. The zero-order chi connectivity index (χ0) is 17.1. The molecule has 0 aliphatic heterocycles. The maximum Gasteiger partial charge on any atom is 0.315 e. The number of hydrogen-bond acceptors (Lipinski definition) is 5. The monoisotopic (exact) mass is 326 g/mol. The fourth-order valence-corrected chi connectivity index (χ4v) is 1.87. The van der Waals surface area contributed by atoms with E-state index in [0.29, 0.717) is 13.2 Å². The average Bonchev–Trinajstić information content (AvgIpc) is 2.54. The SMILES string of the molecule is COCC(C)NC(=O)NCC(O)COCc1ccc(OC)cc1. The summed E-state index contributed by atoms with van der Waals surface area (Å²) < 4.78 is 15.4. The van der Waals surface area contributed by atoms with Crippen LogP contribution in [0.1, 0.15) is 12.5 Å². The highest BCUT2D eigenvalue weighted by Gasteiger charge is 2.09. The van der Waals surface area contributed by atoms with Gasteiger partial charge in [-0.25, -0.2) is 4.79 Å². The van der Waals surface area contributed by atoms with Crippen molar-refractivity contribution in [2.75, 3.05) is 34.0 Å². The minimum atomic E-state index is -0.767. The Morgan fingerprint density at radius 2 is 1.91 bits per heavy atom. The molecule has 0 aromatic heterocycles. The van der Waals surface area contributed by atoms with Gasteiger partial charge < -0.3 is 30.0 Å². The topological polar surface area (TPSA) is 89.1 Å². The molecular weight excluding hydrogens is 300 g/mol. The Morgan fingerprint density at radius 3 is 2.52 bits per heavy atom. The Balaban J connectivity index is 2.16. The molecule has 0 saturated carbocycles. The van der Waals surface area contributed by atoms with Gasteiger partial charge in [0.05, 0.1) is 39.1 Å². The van der Waals surface area contributed by atoms with E-state index in [-0.39, 0.29) is 25.2 Å². The van der Waals surface area contributed by atoms with Crippen molar-refractivity contribution < 1.29 is 24.1 Å². The first-order valence-corrected chi connectivity index (χ1v) is 7.47. The van der Waals surface area contributed by atoms with Crippen LogP contribution in [0.2, 0.25) is 0 Å². The molecule has 0 radical (unpaired) electrons. The number of benzene rings is 1. The van der Waals surface area contributed by atoms with Crippen LogP contribution in [0, 0.1) is 0 Å². The molecule has 2 amide bonds. The summed E-state index contributed by atoms with van der Waals surface area (Å²) in [5.74, 6) is 0.784. The van der Waals surface area contributed by atoms with Gasteiger partial charge in [0.15, 0.2) is 0 Å². The van der Waals surface area contributed by atoms with Crippen LogP contribution in [0.25, 0.3) is 0 Å². The number of hydrogen-bond donors (Lipinski definition) is 3. The highest BCUT2D eigenvalue weighted by Crippen LogP contribution is 2.11. The molecule has 2 unspecified atom stereocenters. The highest BCUT2D eigenvalue weighted by molar-refractivity contribution is 5.74. The Kier molecular flexibility index (Phi) is 9.04. The smallest absolute Gasteiger partial charge is 0.315 e. The van der Waals surface area contributed by atoms with Gasteiger partial charge in [-0.3, -0.25) is 0 Å². The van der Waals surface area contributed by atoms with Gasteiger partial charge in [0, 0.05) is 13.7 Å². The van der Waals surface area contributed by atoms with Crippen LogP contribution < -0.4 is 15.4 Å². The lowest BCUT2D eigenvalue weighted by atomic mass is 10.2. The van der Waals surface area contributed by atoms with Crippen LogP contribution in [-0.4, -0.2) is 57.3 Å². The van der Waals surface area contributed by atoms with E-state index in [1.54, 1.807) is 14.2 Å². The molecule has 1 rings (SSSR count). The molecular formula is C16H26N2O5. The highest BCUT2D eigenvalue weighted by atomic mass is 16.5. The van der Waals surface area contributed by atoms with Crippen molar-refractivity contribution in [3.05, 3.63) is 29.8 Å². The summed E-state index contributed by atoms with van der Waals surface area (Å²) in [5, 5.41) is 15.1. The maximum absolute atomic E-state index is 11.5. The summed E-state index contributed by atoms with van der Waals surface area (Å²) in [6.45, 7) is 2.91. The lowest BCUT2D eigenvalue weighted by Gasteiger charge is -2.16. The largest absolute Gasteiger partial charge is 0.497 e. The molecule has 130 valence electrons. The number of carbonyl (C=O) groups is 1. The molecule has 7 heteroatoms. The number of ether oxygens (including phenoxy) is 3. The van der Waals surface area contributed by atoms with Gasteiger partial charge in [-0.15, -0.1) is 0 Å². The lowest BCUT2D eigenvalue weighted by Crippen LogP contribution is -2.45. The summed E-state index contributed by atoms with van der Waals surface area (Å²) in [4.78, 5) is 11.5. The third-order valence-corrected chi connectivity index (χ3v) is 3.03. The molecule has 0 spiro atoms. The minimum absolute atomic E-state index is 0.0940. The van der Waals surface area contributed by atoms with Crippen LogP contribution in [0.5, 0.6) is 5.75 Å². The molecule has 2 atom stereocenters. The van der Waals surface area contributed by atoms with E-state index in [0.717, 1.165) is 11.3 Å². The minimum Gasteiger partial charge on any atom is -0.497 e. The predicted octanol–water partition coefficient (Wildman–Crippen LogP) is 0.907. The summed E-state index contributed by atoms with van der Waals surface area (Å²) in [5.41, 5.74) is 0.983. The Hall–Kier alpha value is -1.83. The van der Waals surface area contributed by atoms with Crippen molar-refractivity contribution in [1.29, 1.82) is 0 Å². The van der Waals surface area contributed by atoms with Gasteiger partial charge in [-0.2, -0.15) is 0 Å². The first-order valence-electron chi connectivity index (χ1n) is 7.47. The second-order valence-electron chi connectivity index (χ2n) is 5.23. The third-order valence-electron chi connectivity index (χ3n) is 3.03. The number of urea groups is 1. The van der Waals surface area contributed by atoms with Crippen LogP contribution in [0.4, 0.5) is 4.79 Å². The van der Waals surface area contributed by atoms with Gasteiger partial charge in [-0.05, 0) is 24.6 Å². The van der Waals surface area contributed by atoms with Gasteiger partial charge >= 0.3 is 6.03 Å². The van der Waals surface area contributed by atoms with E-state index < -0.39 is 6.10 Å². The molecule has 23 heavy (non-hydrogen) atoms. The molecule has 3 N–H and O–H groups in total. The van der Waals surface area contributed by atoms with Gasteiger partial charge in [0.1, 0.15) is 5.75 Å². The molecule has 0 fully saturated rings. The predicted molar refractivity (Wildman–Crippen MR) is 86.5 cm³/mol. The van der Waals surface area contributed by atoms with E-state index in [1.807, 2.05) is 31.2 Å². The first-order chi connectivity index (χ1) is 11.0. The molecule has 1 aromatic rings. The van der Waals surface area contributed by atoms with Crippen molar-refractivity contribution in [1.82, 2.24) is 10.6 Å². The number of rotatable bonds is 10. The maximum atomic E-state index is 11.5. The van der Waals surface area contributed by atoms with Gasteiger partial charge in [-0.1, -0.05) is 12.1 Å². The Labute approximate surface area is 136 Å². The number of nitrogens with one attached hydrogen (secondary N) is 2. The van der Waals surface area contributed by atoms with Crippen molar-refractivity contribution in [3.63, 3.8) is 0 Å². The summed E-state index contributed by atoms with van der Waals surface area (Å²) in [6, 6.07) is 7.05. The van der Waals surface area contributed by atoms with E-state index in [9.17, 15) is 9.90 Å². The second kappa shape index (κ2) is 10.8. The molecule has 0 saturated heterocycles. The van der Waals surface area contributed by atoms with Crippen LogP contribution in [-0.2, 0) is 16.1 Å². The van der Waals surface area contributed by atoms with E-state index in [2.05, 4.69) is 10.6 Å². The average molecular weight is 326 g/mol. The first kappa shape index (κ1) is 19.2. The van der Waals surface area contributed by atoms with Crippen molar-refractivity contribution in [2.24, 2.45) is 0 Å². The van der Waals surface area contributed by atoms with E-state index in [1.165, 1.54) is 0 Å². The summed E-state index contributed by atoms with van der Waals surface area (Å²) in [7, 11) is 3.18. The fourth-order valence-electron chi connectivity index (χ4n) is 1.87. The van der Waals surface area contributed by atoms with Gasteiger partial charge in [0.25, 0.3) is 0 Å². The van der Waals surface area contributed by atoms with Crippen LogP contribution >= 0.6 is 0 Å². The number of carbonyl (C=O) groups excluding carboxylic acids is 1. The number of amides is 2. The molecule has 7 nitrogen and oxygen atoms in total. The Bertz CT molecular complexity index is 452. The molecule has 0 bridgehead atoms. The van der Waals surface area contributed by atoms with Crippen molar-refractivity contribution in [3.8, 4) is 5.75 Å². The molecule has 0 heterocycles. The second-order valence-corrected chi connectivity index (χ2v) is 5.23. The number of aliphatic hydroxyl groups excluding tert-OH is 1. The van der Waals surface area contributed by atoms with Crippen LogP contribution in [0.15, 0.2) is 24.3 Å². The quantitative estimate of drug-likeness (QED) is 0.595. The Morgan fingerprint density at radius 1 is 1.22 bits per heavy atom. The van der Waals surface area contributed by atoms with E-state index in [4.69, 9.17) is 14.2 Å².